The number of hydrogen-bond acceptors (Lipinski definition) is 2. The predicted octanol–water partition coefficient (Wildman–Crippen LogP) is 3.84. The maximum atomic E-state index is 9.09. The third kappa shape index (κ3) is 3.21. The molecular weight excluding hydrogens is 198 g/mol. The van der Waals surface area contributed by atoms with Gasteiger partial charge in [0, 0.05) is 6.04 Å². The van der Waals surface area contributed by atoms with Crippen LogP contribution < -0.4 is 5.48 Å². The normalized spacial score (nSPS) is 37.3. The lowest BCUT2D eigenvalue weighted by Crippen LogP contribution is -2.41. The standard InChI is InChI=1S/C14H29NO/c1-5-7-13-9-14(11(4)15-16)10(3)8-12(13)6-2/h10-16H,5-9H2,1-4H3. The molecule has 1 aliphatic rings. The minimum Gasteiger partial charge on any atom is -0.317 e. The lowest BCUT2D eigenvalue weighted by molar-refractivity contribution is 0.0357. The first-order chi connectivity index (χ1) is 7.63. The molecule has 0 aromatic heterocycles. The zero-order valence-electron chi connectivity index (χ0n) is 11.4. The smallest absolute Gasteiger partial charge is 0.0322 e. The van der Waals surface area contributed by atoms with E-state index in [4.69, 9.17) is 5.21 Å². The van der Waals surface area contributed by atoms with E-state index in [1.807, 2.05) is 0 Å². The first-order valence-electron chi connectivity index (χ1n) is 7.03. The Morgan fingerprint density at radius 3 is 2.44 bits per heavy atom. The molecule has 1 saturated carbocycles. The highest BCUT2D eigenvalue weighted by molar-refractivity contribution is 4.87. The van der Waals surface area contributed by atoms with Crippen molar-refractivity contribution in [2.45, 2.75) is 65.8 Å². The van der Waals surface area contributed by atoms with Crippen LogP contribution in [0.1, 0.15) is 59.8 Å². The highest BCUT2D eigenvalue weighted by Gasteiger charge is 2.35. The van der Waals surface area contributed by atoms with Gasteiger partial charge >= 0.3 is 0 Å². The van der Waals surface area contributed by atoms with Crippen molar-refractivity contribution in [3.63, 3.8) is 0 Å². The average Bonchev–Trinajstić information content (AvgIpc) is 2.30. The van der Waals surface area contributed by atoms with E-state index in [2.05, 4.69) is 33.2 Å². The molecule has 1 rings (SSSR count). The van der Waals surface area contributed by atoms with E-state index in [1.54, 1.807) is 0 Å². The van der Waals surface area contributed by atoms with Crippen LogP contribution in [0.15, 0.2) is 0 Å². The van der Waals surface area contributed by atoms with Gasteiger partial charge in [-0.2, -0.15) is 0 Å². The maximum absolute atomic E-state index is 9.09. The van der Waals surface area contributed by atoms with Gasteiger partial charge in [-0.1, -0.05) is 40.0 Å². The van der Waals surface area contributed by atoms with E-state index in [9.17, 15) is 0 Å². The summed E-state index contributed by atoms with van der Waals surface area (Å²) in [7, 11) is 0. The summed E-state index contributed by atoms with van der Waals surface area (Å²) in [6.07, 6.45) is 6.62. The molecule has 16 heavy (non-hydrogen) atoms. The minimum atomic E-state index is 0.243. The molecule has 5 atom stereocenters. The van der Waals surface area contributed by atoms with E-state index >= 15 is 0 Å². The van der Waals surface area contributed by atoms with Gasteiger partial charge in [0.15, 0.2) is 0 Å². The van der Waals surface area contributed by atoms with E-state index in [0.29, 0.717) is 5.92 Å². The van der Waals surface area contributed by atoms with Gasteiger partial charge in [-0.25, -0.2) is 5.48 Å². The highest BCUT2D eigenvalue weighted by atomic mass is 16.5. The highest BCUT2D eigenvalue weighted by Crippen LogP contribution is 2.42. The van der Waals surface area contributed by atoms with Crippen LogP contribution in [-0.2, 0) is 0 Å². The molecule has 0 aromatic carbocycles. The molecule has 0 bridgehead atoms. The number of rotatable bonds is 5. The summed E-state index contributed by atoms with van der Waals surface area (Å²) in [6, 6.07) is 0.243. The van der Waals surface area contributed by atoms with Gasteiger partial charge in [-0.05, 0) is 43.4 Å². The van der Waals surface area contributed by atoms with Gasteiger partial charge in [-0.3, -0.25) is 0 Å². The SMILES string of the molecule is CCCC1CC(C(C)NO)C(C)CC1CC. The Hall–Kier alpha value is -0.0800. The molecule has 96 valence electrons. The summed E-state index contributed by atoms with van der Waals surface area (Å²) >= 11 is 0. The molecule has 0 saturated heterocycles. The number of hydroxylamine groups is 1. The molecule has 1 fully saturated rings. The van der Waals surface area contributed by atoms with Crippen LogP contribution in [0.5, 0.6) is 0 Å². The first kappa shape index (κ1) is 14.0. The lowest BCUT2D eigenvalue weighted by atomic mass is 9.65. The van der Waals surface area contributed by atoms with E-state index in [-0.39, 0.29) is 6.04 Å². The molecule has 2 heteroatoms. The van der Waals surface area contributed by atoms with E-state index < -0.39 is 0 Å². The Balaban J connectivity index is 2.63. The second-order valence-electron chi connectivity index (χ2n) is 5.75. The molecule has 0 radical (unpaired) electrons. The van der Waals surface area contributed by atoms with Gasteiger partial charge in [0.25, 0.3) is 0 Å². The molecule has 0 heterocycles. The Morgan fingerprint density at radius 1 is 1.25 bits per heavy atom. The average molecular weight is 227 g/mol. The molecule has 0 amide bonds. The molecule has 0 aromatic rings. The Bertz CT molecular complexity index is 195. The van der Waals surface area contributed by atoms with Gasteiger partial charge < -0.3 is 5.21 Å². The summed E-state index contributed by atoms with van der Waals surface area (Å²) in [6.45, 7) is 9.07. The summed E-state index contributed by atoms with van der Waals surface area (Å²) in [5.74, 6) is 3.18. The van der Waals surface area contributed by atoms with Crippen LogP contribution in [0.3, 0.4) is 0 Å². The van der Waals surface area contributed by atoms with Crippen molar-refractivity contribution in [1.82, 2.24) is 5.48 Å². The van der Waals surface area contributed by atoms with Crippen LogP contribution in [0.2, 0.25) is 0 Å². The van der Waals surface area contributed by atoms with Crippen molar-refractivity contribution >= 4 is 0 Å². The molecule has 1 aliphatic carbocycles. The quantitative estimate of drug-likeness (QED) is 0.699. The van der Waals surface area contributed by atoms with Gasteiger partial charge in [0.1, 0.15) is 0 Å². The van der Waals surface area contributed by atoms with Crippen LogP contribution in [-0.4, -0.2) is 11.2 Å². The van der Waals surface area contributed by atoms with Gasteiger partial charge in [0.2, 0.25) is 0 Å². The Morgan fingerprint density at radius 2 is 1.94 bits per heavy atom. The largest absolute Gasteiger partial charge is 0.317 e. The fraction of sp³-hybridized carbons (Fsp3) is 1.00. The summed E-state index contributed by atoms with van der Waals surface area (Å²) in [5.41, 5.74) is 2.46. The predicted molar refractivity (Wildman–Crippen MR) is 68.5 cm³/mol. The second kappa shape index (κ2) is 6.61. The van der Waals surface area contributed by atoms with Gasteiger partial charge in [0.05, 0.1) is 0 Å². The molecule has 2 nitrogen and oxygen atoms in total. The second-order valence-corrected chi connectivity index (χ2v) is 5.75. The summed E-state index contributed by atoms with van der Waals surface area (Å²) in [4.78, 5) is 0. The molecular formula is C14H29NO. The fourth-order valence-electron chi connectivity index (χ4n) is 3.64. The Labute approximate surface area is 101 Å². The number of hydrogen-bond donors (Lipinski definition) is 2. The van der Waals surface area contributed by atoms with Crippen LogP contribution in [0.25, 0.3) is 0 Å². The third-order valence-electron chi connectivity index (χ3n) is 4.68. The molecule has 0 spiro atoms. The zero-order valence-corrected chi connectivity index (χ0v) is 11.4. The van der Waals surface area contributed by atoms with E-state index in [0.717, 1.165) is 17.8 Å². The summed E-state index contributed by atoms with van der Waals surface area (Å²) < 4.78 is 0. The van der Waals surface area contributed by atoms with Crippen LogP contribution in [0, 0.1) is 23.7 Å². The Kier molecular flexibility index (Phi) is 5.77. The van der Waals surface area contributed by atoms with Crippen molar-refractivity contribution in [1.29, 1.82) is 0 Å². The van der Waals surface area contributed by atoms with Crippen molar-refractivity contribution in [3.05, 3.63) is 0 Å². The minimum absolute atomic E-state index is 0.243. The lowest BCUT2D eigenvalue weighted by Gasteiger charge is -2.42. The van der Waals surface area contributed by atoms with Crippen molar-refractivity contribution in [3.8, 4) is 0 Å². The molecule has 0 aliphatic heterocycles. The van der Waals surface area contributed by atoms with Crippen molar-refractivity contribution in [2.24, 2.45) is 23.7 Å². The first-order valence-corrected chi connectivity index (χ1v) is 7.03. The van der Waals surface area contributed by atoms with Crippen molar-refractivity contribution in [2.75, 3.05) is 0 Å². The topological polar surface area (TPSA) is 32.3 Å². The van der Waals surface area contributed by atoms with Crippen LogP contribution in [0.4, 0.5) is 0 Å². The molecule has 2 N–H and O–H groups in total. The maximum Gasteiger partial charge on any atom is 0.0322 e. The monoisotopic (exact) mass is 227 g/mol. The number of nitrogens with one attached hydrogen (secondary N) is 1. The third-order valence-corrected chi connectivity index (χ3v) is 4.68. The van der Waals surface area contributed by atoms with Crippen LogP contribution >= 0.6 is 0 Å². The van der Waals surface area contributed by atoms with Crippen molar-refractivity contribution < 1.29 is 5.21 Å². The van der Waals surface area contributed by atoms with E-state index in [1.165, 1.54) is 32.1 Å². The molecule has 5 unspecified atom stereocenters. The zero-order chi connectivity index (χ0) is 12.1. The summed E-state index contributed by atoms with van der Waals surface area (Å²) in [5, 5.41) is 9.09. The van der Waals surface area contributed by atoms with Gasteiger partial charge in [-0.15, -0.1) is 0 Å². The fourth-order valence-corrected chi connectivity index (χ4v) is 3.64.